The Labute approximate surface area is 94.4 Å². The first-order chi connectivity index (χ1) is 7.58. The number of ether oxygens (including phenoxy) is 1. The first-order valence-corrected chi connectivity index (χ1v) is 5.46. The fourth-order valence-corrected chi connectivity index (χ4v) is 2.04. The summed E-state index contributed by atoms with van der Waals surface area (Å²) in [7, 11) is 0. The van der Waals surface area contributed by atoms with E-state index in [0.29, 0.717) is 18.1 Å². The zero-order valence-electron chi connectivity index (χ0n) is 9.42. The monoisotopic (exact) mass is 221 g/mol. The van der Waals surface area contributed by atoms with Crippen molar-refractivity contribution in [3.05, 3.63) is 39.9 Å². The molecular weight excluding hydrogens is 206 g/mol. The van der Waals surface area contributed by atoms with Gasteiger partial charge in [-0.1, -0.05) is 19.1 Å². The van der Waals surface area contributed by atoms with Crippen molar-refractivity contribution in [2.24, 2.45) is 5.92 Å². The van der Waals surface area contributed by atoms with Crippen LogP contribution in [0.2, 0.25) is 0 Å². The van der Waals surface area contributed by atoms with Crippen molar-refractivity contribution < 1.29 is 9.66 Å². The number of benzene rings is 1. The summed E-state index contributed by atoms with van der Waals surface area (Å²) in [6.45, 7) is 4.21. The lowest BCUT2D eigenvalue weighted by Crippen LogP contribution is -2.08. The van der Waals surface area contributed by atoms with Crippen LogP contribution in [0, 0.1) is 16.0 Å². The van der Waals surface area contributed by atoms with E-state index in [1.165, 1.54) is 0 Å². The number of non-ortho nitro benzene ring substituents is 1. The van der Waals surface area contributed by atoms with Crippen molar-refractivity contribution in [2.75, 3.05) is 0 Å². The van der Waals surface area contributed by atoms with E-state index in [1.54, 1.807) is 12.1 Å². The van der Waals surface area contributed by atoms with Crippen molar-refractivity contribution in [1.29, 1.82) is 0 Å². The van der Waals surface area contributed by atoms with E-state index in [9.17, 15) is 10.1 Å². The molecule has 0 bridgehead atoms. The van der Waals surface area contributed by atoms with Crippen molar-refractivity contribution in [3.8, 4) is 0 Å². The second-order valence-corrected chi connectivity index (χ2v) is 4.41. The van der Waals surface area contributed by atoms with Crippen LogP contribution in [-0.2, 0) is 11.2 Å². The Bertz CT molecular complexity index is 388. The normalized spacial score (nSPS) is 25.1. The highest BCUT2D eigenvalue weighted by atomic mass is 16.6. The van der Waals surface area contributed by atoms with Gasteiger partial charge in [-0.25, -0.2) is 0 Å². The van der Waals surface area contributed by atoms with Crippen molar-refractivity contribution >= 4 is 5.69 Å². The second-order valence-electron chi connectivity index (χ2n) is 4.41. The Morgan fingerprint density at radius 1 is 1.44 bits per heavy atom. The number of nitrogens with zero attached hydrogens (tertiary/aromatic N) is 1. The molecule has 1 saturated heterocycles. The van der Waals surface area contributed by atoms with E-state index in [-0.39, 0.29) is 10.6 Å². The van der Waals surface area contributed by atoms with Gasteiger partial charge in [0, 0.05) is 12.1 Å². The molecule has 0 saturated carbocycles. The maximum Gasteiger partial charge on any atom is 0.269 e. The minimum atomic E-state index is -0.376. The first-order valence-electron chi connectivity index (χ1n) is 5.46. The van der Waals surface area contributed by atoms with E-state index >= 15 is 0 Å². The molecule has 16 heavy (non-hydrogen) atoms. The van der Waals surface area contributed by atoms with Crippen molar-refractivity contribution in [2.45, 2.75) is 32.5 Å². The summed E-state index contributed by atoms with van der Waals surface area (Å²) >= 11 is 0. The highest BCUT2D eigenvalue weighted by molar-refractivity contribution is 5.33. The van der Waals surface area contributed by atoms with E-state index in [2.05, 4.69) is 13.8 Å². The molecular formula is C12H15NO3. The molecule has 1 aliphatic heterocycles. The lowest BCUT2D eigenvalue weighted by Gasteiger charge is -2.07. The molecule has 1 aliphatic rings. The molecule has 1 aromatic carbocycles. The summed E-state index contributed by atoms with van der Waals surface area (Å²) in [4.78, 5) is 10.1. The Morgan fingerprint density at radius 2 is 2.00 bits per heavy atom. The van der Waals surface area contributed by atoms with Crippen LogP contribution >= 0.6 is 0 Å². The van der Waals surface area contributed by atoms with Gasteiger partial charge in [0.15, 0.2) is 0 Å². The van der Waals surface area contributed by atoms with E-state index in [4.69, 9.17) is 4.74 Å². The minimum absolute atomic E-state index is 0.146. The third-order valence-electron chi connectivity index (χ3n) is 3.02. The fourth-order valence-electron chi connectivity index (χ4n) is 2.04. The van der Waals surface area contributed by atoms with Gasteiger partial charge in [-0.05, 0) is 24.8 Å². The van der Waals surface area contributed by atoms with Gasteiger partial charge in [0.2, 0.25) is 0 Å². The van der Waals surface area contributed by atoms with Crippen LogP contribution in [0.15, 0.2) is 24.3 Å². The van der Waals surface area contributed by atoms with Gasteiger partial charge in [-0.3, -0.25) is 10.1 Å². The van der Waals surface area contributed by atoms with Gasteiger partial charge >= 0.3 is 0 Å². The van der Waals surface area contributed by atoms with Gasteiger partial charge < -0.3 is 4.74 Å². The summed E-state index contributed by atoms with van der Waals surface area (Å²) in [6, 6.07) is 6.75. The standard InChI is InChI=1S/C12H15NO3/c1-8(12-9(2)16-12)7-10-3-5-11(6-4-10)13(14)15/h3-6,8-9,12H,7H2,1-2H3. The predicted octanol–water partition coefficient (Wildman–Crippen LogP) is 2.56. The number of nitro benzene ring substituents is 1. The zero-order valence-corrected chi connectivity index (χ0v) is 9.42. The summed E-state index contributed by atoms with van der Waals surface area (Å²) in [5.41, 5.74) is 1.27. The Kier molecular flexibility index (Phi) is 2.92. The summed E-state index contributed by atoms with van der Waals surface area (Å²) in [5.74, 6) is 0.469. The minimum Gasteiger partial charge on any atom is -0.370 e. The smallest absolute Gasteiger partial charge is 0.269 e. The third kappa shape index (κ3) is 2.39. The molecule has 86 valence electrons. The fraction of sp³-hybridized carbons (Fsp3) is 0.500. The quantitative estimate of drug-likeness (QED) is 0.446. The Balaban J connectivity index is 1.97. The molecule has 4 heteroatoms. The number of hydrogen-bond acceptors (Lipinski definition) is 3. The average Bonchev–Trinajstić information content (AvgIpc) is 2.96. The molecule has 0 radical (unpaired) electrons. The molecule has 0 amide bonds. The van der Waals surface area contributed by atoms with Crippen LogP contribution in [0.3, 0.4) is 0 Å². The van der Waals surface area contributed by atoms with Gasteiger partial charge in [0.1, 0.15) is 0 Å². The van der Waals surface area contributed by atoms with E-state index in [0.717, 1.165) is 12.0 Å². The SMILES string of the molecule is CC(Cc1ccc([N+](=O)[O-])cc1)C1OC1C. The predicted molar refractivity (Wildman–Crippen MR) is 60.3 cm³/mol. The molecule has 2 rings (SSSR count). The zero-order chi connectivity index (χ0) is 11.7. The van der Waals surface area contributed by atoms with Crippen LogP contribution in [0.4, 0.5) is 5.69 Å². The molecule has 4 nitrogen and oxygen atoms in total. The Hall–Kier alpha value is -1.42. The summed E-state index contributed by atoms with van der Waals surface area (Å²) in [6.07, 6.45) is 1.63. The van der Waals surface area contributed by atoms with Gasteiger partial charge in [-0.15, -0.1) is 0 Å². The largest absolute Gasteiger partial charge is 0.370 e. The van der Waals surface area contributed by atoms with Crippen molar-refractivity contribution in [1.82, 2.24) is 0 Å². The van der Waals surface area contributed by atoms with Crippen LogP contribution < -0.4 is 0 Å². The topological polar surface area (TPSA) is 55.7 Å². The Morgan fingerprint density at radius 3 is 2.44 bits per heavy atom. The molecule has 0 spiro atoms. The van der Waals surface area contributed by atoms with Crippen LogP contribution in [0.1, 0.15) is 19.4 Å². The maximum absolute atomic E-state index is 10.5. The molecule has 0 N–H and O–H groups in total. The highest BCUT2D eigenvalue weighted by Gasteiger charge is 2.38. The molecule has 1 heterocycles. The highest BCUT2D eigenvalue weighted by Crippen LogP contribution is 2.31. The lowest BCUT2D eigenvalue weighted by molar-refractivity contribution is -0.384. The van der Waals surface area contributed by atoms with Gasteiger partial charge in [0.25, 0.3) is 5.69 Å². The van der Waals surface area contributed by atoms with Gasteiger partial charge in [0.05, 0.1) is 17.1 Å². The van der Waals surface area contributed by atoms with Crippen LogP contribution in [-0.4, -0.2) is 17.1 Å². The van der Waals surface area contributed by atoms with E-state index < -0.39 is 0 Å². The van der Waals surface area contributed by atoms with Crippen LogP contribution in [0.25, 0.3) is 0 Å². The van der Waals surface area contributed by atoms with E-state index in [1.807, 2.05) is 12.1 Å². The third-order valence-corrected chi connectivity index (χ3v) is 3.02. The number of epoxide rings is 1. The molecule has 1 aromatic rings. The lowest BCUT2D eigenvalue weighted by atomic mass is 9.97. The van der Waals surface area contributed by atoms with Crippen molar-refractivity contribution in [3.63, 3.8) is 0 Å². The summed E-state index contributed by atoms with van der Waals surface area (Å²) < 4.78 is 5.40. The molecule has 0 aliphatic carbocycles. The van der Waals surface area contributed by atoms with Crippen LogP contribution in [0.5, 0.6) is 0 Å². The maximum atomic E-state index is 10.5. The second kappa shape index (κ2) is 4.22. The number of rotatable bonds is 4. The number of nitro groups is 1. The first kappa shape index (κ1) is 11.1. The molecule has 0 aromatic heterocycles. The summed E-state index contributed by atoms with van der Waals surface area (Å²) in [5, 5.41) is 10.5. The van der Waals surface area contributed by atoms with Gasteiger partial charge in [-0.2, -0.15) is 0 Å². The number of hydrogen-bond donors (Lipinski definition) is 0. The molecule has 3 unspecified atom stereocenters. The molecule has 1 fully saturated rings. The average molecular weight is 221 g/mol. The molecule has 3 atom stereocenters.